The fourth-order valence-corrected chi connectivity index (χ4v) is 2.93. The molecule has 0 aliphatic carbocycles. The fraction of sp³-hybridized carbons (Fsp3) is 0.400. The van der Waals surface area contributed by atoms with Gasteiger partial charge < -0.3 is 19.7 Å². The number of hydrogen-bond donors (Lipinski definition) is 2. The molecule has 0 fully saturated rings. The minimum Gasteiger partial charge on any atom is -0.494 e. The number of para-hydroxylation sites is 1. The summed E-state index contributed by atoms with van der Waals surface area (Å²) in [4.78, 5) is 0. The molecule has 0 saturated heterocycles. The highest BCUT2D eigenvalue weighted by molar-refractivity contribution is 6.69. The highest BCUT2D eigenvalue weighted by atomic mass is 28.4. The zero-order chi connectivity index (χ0) is 11.9. The molecule has 0 bridgehead atoms. The van der Waals surface area contributed by atoms with Crippen LogP contribution in [0.3, 0.4) is 0 Å². The van der Waals surface area contributed by atoms with Crippen LogP contribution in [0.2, 0.25) is 6.04 Å². The Kier molecular flexibility index (Phi) is 5.71. The van der Waals surface area contributed by atoms with Crippen molar-refractivity contribution in [2.75, 3.05) is 6.61 Å². The molecule has 16 heavy (non-hydrogen) atoms. The van der Waals surface area contributed by atoms with Gasteiger partial charge in [-0.3, -0.25) is 0 Å². The summed E-state index contributed by atoms with van der Waals surface area (Å²) in [5.74, 6) is 0.908. The van der Waals surface area contributed by atoms with Gasteiger partial charge in [0.25, 0.3) is 0 Å². The van der Waals surface area contributed by atoms with E-state index < -0.39 is 8.64 Å². The van der Waals surface area contributed by atoms with Gasteiger partial charge >= 0.3 is 8.64 Å². The molecule has 6 heteroatoms. The smallest absolute Gasteiger partial charge is 0.335 e. The zero-order valence-electron chi connectivity index (χ0n) is 9.69. The van der Waals surface area contributed by atoms with Crippen molar-refractivity contribution >= 4 is 19.1 Å². The maximum absolute atomic E-state index is 5.80. The monoisotopic (exact) mass is 256 g/mol. The third-order valence-corrected chi connectivity index (χ3v) is 6.53. The number of nitrogens with two attached hydrogens (primary N) is 2. The lowest BCUT2D eigenvalue weighted by atomic mass is 10.3. The van der Waals surface area contributed by atoms with Crippen molar-refractivity contribution < 1.29 is 8.85 Å². The van der Waals surface area contributed by atoms with Gasteiger partial charge in [-0.1, -0.05) is 18.2 Å². The Morgan fingerprint density at radius 1 is 1.12 bits per heavy atom. The molecular weight excluding hydrogens is 236 g/mol. The van der Waals surface area contributed by atoms with Crippen molar-refractivity contribution in [2.45, 2.75) is 18.9 Å². The van der Waals surface area contributed by atoms with E-state index in [1.54, 1.807) is 0 Å². The lowest BCUT2D eigenvalue weighted by Crippen LogP contribution is -2.58. The first-order valence-corrected chi connectivity index (χ1v) is 8.53. The van der Waals surface area contributed by atoms with Crippen LogP contribution >= 0.6 is 0 Å². The Labute approximate surface area is 101 Å². The Hall–Kier alpha value is -0.666. The molecule has 0 saturated carbocycles. The van der Waals surface area contributed by atoms with Crippen LogP contribution in [0.15, 0.2) is 30.3 Å². The second-order valence-electron chi connectivity index (χ2n) is 3.78. The average Bonchev–Trinajstić information content (AvgIpc) is 2.30. The molecule has 1 aromatic carbocycles. The molecule has 0 aromatic heterocycles. The van der Waals surface area contributed by atoms with Crippen molar-refractivity contribution in [2.24, 2.45) is 10.8 Å². The van der Waals surface area contributed by atoms with Gasteiger partial charge in [-0.2, -0.15) is 0 Å². The number of rotatable bonds is 7. The van der Waals surface area contributed by atoms with Crippen LogP contribution in [0, 0.1) is 0 Å². The van der Waals surface area contributed by atoms with Gasteiger partial charge in [0.15, 0.2) is 0 Å². The number of ether oxygens (including phenoxy) is 1. The quantitative estimate of drug-likeness (QED) is 0.532. The molecule has 0 radical (unpaired) electrons. The highest BCUT2D eigenvalue weighted by Crippen LogP contribution is 2.10. The number of benzene rings is 1. The average molecular weight is 256 g/mol. The summed E-state index contributed by atoms with van der Waals surface area (Å²) in [6.07, 6.45) is 1.93. The minimum absolute atomic E-state index is 0.627. The van der Waals surface area contributed by atoms with Crippen LogP contribution in [-0.2, 0) is 4.12 Å². The van der Waals surface area contributed by atoms with Crippen molar-refractivity contribution in [1.82, 2.24) is 0 Å². The first-order valence-electron chi connectivity index (χ1n) is 5.45. The van der Waals surface area contributed by atoms with Gasteiger partial charge in [0.05, 0.1) is 6.61 Å². The molecule has 1 rings (SSSR count). The summed E-state index contributed by atoms with van der Waals surface area (Å²) >= 11 is 0. The van der Waals surface area contributed by atoms with Crippen LogP contribution < -0.4 is 15.5 Å². The molecule has 4 nitrogen and oxygen atoms in total. The molecule has 0 heterocycles. The largest absolute Gasteiger partial charge is 0.494 e. The maximum Gasteiger partial charge on any atom is 0.335 e. The molecular formula is C10H20N2O2Si2. The van der Waals surface area contributed by atoms with E-state index in [2.05, 4.69) is 0 Å². The molecule has 4 N–H and O–H groups in total. The molecule has 0 amide bonds. The van der Waals surface area contributed by atoms with Crippen molar-refractivity contribution in [1.29, 1.82) is 0 Å². The van der Waals surface area contributed by atoms with Crippen molar-refractivity contribution in [3.05, 3.63) is 30.3 Å². The van der Waals surface area contributed by atoms with E-state index in [9.17, 15) is 0 Å². The molecule has 1 aromatic rings. The van der Waals surface area contributed by atoms with Gasteiger partial charge in [-0.25, -0.2) is 0 Å². The van der Waals surface area contributed by atoms with E-state index in [1.165, 1.54) is 0 Å². The third-order valence-electron chi connectivity index (χ3n) is 2.35. The van der Waals surface area contributed by atoms with Crippen LogP contribution in [0.5, 0.6) is 5.75 Å². The zero-order valence-corrected chi connectivity index (χ0v) is 12.7. The van der Waals surface area contributed by atoms with Gasteiger partial charge in [-0.15, -0.1) is 0 Å². The predicted molar refractivity (Wildman–Crippen MR) is 71.1 cm³/mol. The van der Waals surface area contributed by atoms with Gasteiger partial charge in [0, 0.05) is 0 Å². The van der Waals surface area contributed by atoms with E-state index in [-0.39, 0.29) is 0 Å². The van der Waals surface area contributed by atoms with Crippen LogP contribution in [0.4, 0.5) is 0 Å². The van der Waals surface area contributed by atoms with Crippen LogP contribution in [0.1, 0.15) is 12.8 Å². The minimum atomic E-state index is -2.30. The Morgan fingerprint density at radius 3 is 2.44 bits per heavy atom. The van der Waals surface area contributed by atoms with E-state index in [4.69, 9.17) is 19.7 Å². The second-order valence-corrected chi connectivity index (χ2v) is 7.82. The van der Waals surface area contributed by atoms with Crippen molar-refractivity contribution in [3.8, 4) is 5.75 Å². The van der Waals surface area contributed by atoms with E-state index >= 15 is 0 Å². The maximum atomic E-state index is 5.80. The molecule has 0 spiro atoms. The Bertz CT molecular complexity index is 296. The first-order chi connectivity index (χ1) is 7.64. The summed E-state index contributed by atoms with van der Waals surface area (Å²) in [5, 5.41) is 11.6. The Morgan fingerprint density at radius 2 is 1.81 bits per heavy atom. The van der Waals surface area contributed by atoms with Gasteiger partial charge in [0.1, 0.15) is 16.2 Å². The molecule has 0 unspecified atom stereocenters. The number of unbranched alkanes of at least 4 members (excludes halogenated alkanes) is 1. The summed E-state index contributed by atoms with van der Waals surface area (Å²) in [7, 11) is -1.67. The standard InChI is InChI=1S/C10H20N2O2Si2/c11-16(12,14-15)9-5-4-8-13-10-6-2-1-3-7-10/h1-3,6-7H,4-5,8-9,11-12H2,15H3. The second kappa shape index (κ2) is 6.82. The summed E-state index contributed by atoms with van der Waals surface area (Å²) < 4.78 is 10.8. The molecule has 90 valence electrons. The van der Waals surface area contributed by atoms with Gasteiger partial charge in [0.2, 0.25) is 0 Å². The summed E-state index contributed by atoms with van der Waals surface area (Å²) in [6.45, 7) is 0.704. The molecule has 0 aliphatic heterocycles. The normalized spacial score (nSPS) is 11.6. The Balaban J connectivity index is 2.09. The fourth-order valence-electron chi connectivity index (χ4n) is 1.31. The third kappa shape index (κ3) is 5.43. The highest BCUT2D eigenvalue weighted by Gasteiger charge is 2.21. The first kappa shape index (κ1) is 13.4. The van der Waals surface area contributed by atoms with Gasteiger partial charge in [-0.05, 0) is 31.0 Å². The number of hydrogen-bond acceptors (Lipinski definition) is 4. The van der Waals surface area contributed by atoms with Crippen molar-refractivity contribution in [3.63, 3.8) is 0 Å². The van der Waals surface area contributed by atoms with Crippen LogP contribution in [-0.4, -0.2) is 25.7 Å². The molecule has 0 atom stereocenters. The van der Waals surface area contributed by atoms with E-state index in [0.717, 1.165) is 24.6 Å². The molecule has 0 aliphatic rings. The van der Waals surface area contributed by atoms with E-state index in [0.29, 0.717) is 17.1 Å². The van der Waals surface area contributed by atoms with E-state index in [1.807, 2.05) is 30.3 Å². The summed E-state index contributed by atoms with van der Waals surface area (Å²) in [6, 6.07) is 10.6. The lowest BCUT2D eigenvalue weighted by molar-refractivity contribution is 0.308. The topological polar surface area (TPSA) is 70.5 Å². The summed E-state index contributed by atoms with van der Waals surface area (Å²) in [5.41, 5.74) is 0. The predicted octanol–water partition coefficient (Wildman–Crippen LogP) is -0.00110. The lowest BCUT2D eigenvalue weighted by Gasteiger charge is -2.18. The van der Waals surface area contributed by atoms with Crippen LogP contribution in [0.25, 0.3) is 0 Å². The SMILES string of the molecule is N[Si](N)(CCCCOc1ccccc1)O[SiH3].